The van der Waals surface area contributed by atoms with Gasteiger partial charge < -0.3 is 20.1 Å². The largest absolute Gasteiger partial charge is 0.490 e. The third kappa shape index (κ3) is 6.70. The number of halogens is 3. The second kappa shape index (κ2) is 11.3. The minimum absolute atomic E-state index is 0.178. The van der Waals surface area contributed by atoms with Gasteiger partial charge in [-0.25, -0.2) is 0 Å². The number of nitrogens with one attached hydrogen (secondary N) is 2. The first-order chi connectivity index (χ1) is 15.4. The van der Waals surface area contributed by atoms with Gasteiger partial charge in [-0.15, -0.1) is 0 Å². The highest BCUT2D eigenvalue weighted by molar-refractivity contribution is 6.36. The van der Waals surface area contributed by atoms with Crippen molar-refractivity contribution in [3.05, 3.63) is 80.8 Å². The molecule has 0 aliphatic rings. The maximum Gasteiger partial charge on any atom is 0.262 e. The fraction of sp³-hybridized carbons (Fsp3) is 0.208. The first-order valence-electron chi connectivity index (χ1n) is 9.99. The summed E-state index contributed by atoms with van der Waals surface area (Å²) in [4.78, 5) is 12.3. The summed E-state index contributed by atoms with van der Waals surface area (Å²) in [7, 11) is 0. The Bertz CT molecular complexity index is 1090. The average molecular weight is 494 g/mol. The molecule has 0 bridgehead atoms. The number of anilines is 2. The summed E-state index contributed by atoms with van der Waals surface area (Å²) in [6.07, 6.45) is 0. The lowest BCUT2D eigenvalue weighted by Gasteiger charge is -2.16. The molecule has 0 aromatic heterocycles. The van der Waals surface area contributed by atoms with Crippen LogP contribution >= 0.6 is 34.8 Å². The number of hydrogen-bond acceptors (Lipinski definition) is 4. The van der Waals surface area contributed by atoms with Crippen molar-refractivity contribution < 1.29 is 14.3 Å². The lowest BCUT2D eigenvalue weighted by Crippen LogP contribution is -2.20. The smallest absolute Gasteiger partial charge is 0.262 e. The Hall–Kier alpha value is -2.60. The molecule has 0 fully saturated rings. The number of hydrogen-bond donors (Lipinski definition) is 2. The van der Waals surface area contributed by atoms with Crippen molar-refractivity contribution in [1.29, 1.82) is 0 Å². The zero-order valence-electron chi connectivity index (χ0n) is 17.7. The van der Waals surface area contributed by atoms with Gasteiger partial charge >= 0.3 is 0 Å². The fourth-order valence-corrected chi connectivity index (χ4v) is 3.59. The van der Waals surface area contributed by atoms with Crippen molar-refractivity contribution in [1.82, 2.24) is 0 Å². The summed E-state index contributed by atoms with van der Waals surface area (Å²) in [6.45, 7) is 4.52. The Balaban J connectivity index is 1.67. The average Bonchev–Trinajstić information content (AvgIpc) is 2.75. The van der Waals surface area contributed by atoms with Crippen LogP contribution in [-0.2, 0) is 11.3 Å². The Kier molecular flexibility index (Phi) is 8.51. The van der Waals surface area contributed by atoms with E-state index in [0.29, 0.717) is 45.4 Å². The molecule has 0 heterocycles. The third-order valence-electron chi connectivity index (χ3n) is 4.51. The number of rotatable bonds is 9. The van der Waals surface area contributed by atoms with Crippen molar-refractivity contribution >= 4 is 52.1 Å². The maximum absolute atomic E-state index is 12.3. The van der Waals surface area contributed by atoms with Crippen LogP contribution < -0.4 is 20.1 Å². The zero-order valence-corrected chi connectivity index (χ0v) is 19.9. The van der Waals surface area contributed by atoms with Crippen molar-refractivity contribution in [2.75, 3.05) is 23.8 Å². The second-order valence-corrected chi connectivity index (χ2v) is 8.25. The van der Waals surface area contributed by atoms with Gasteiger partial charge in [-0.2, -0.15) is 0 Å². The van der Waals surface area contributed by atoms with Gasteiger partial charge in [0, 0.05) is 28.3 Å². The molecule has 3 rings (SSSR count). The molecule has 5 nitrogen and oxygen atoms in total. The van der Waals surface area contributed by atoms with Crippen LogP contribution in [0, 0.1) is 6.92 Å². The highest BCUT2D eigenvalue weighted by atomic mass is 35.5. The molecule has 3 aromatic rings. The van der Waals surface area contributed by atoms with Gasteiger partial charge in [-0.3, -0.25) is 4.79 Å². The molecule has 168 valence electrons. The van der Waals surface area contributed by atoms with E-state index in [1.807, 2.05) is 38.1 Å². The van der Waals surface area contributed by atoms with Gasteiger partial charge in [0.25, 0.3) is 5.91 Å². The lowest BCUT2D eigenvalue weighted by molar-refractivity contribution is -0.118. The van der Waals surface area contributed by atoms with Crippen molar-refractivity contribution in [3.63, 3.8) is 0 Å². The Morgan fingerprint density at radius 2 is 1.62 bits per heavy atom. The van der Waals surface area contributed by atoms with Crippen LogP contribution in [0.2, 0.25) is 15.1 Å². The van der Waals surface area contributed by atoms with E-state index in [1.54, 1.807) is 30.3 Å². The molecule has 0 saturated heterocycles. The van der Waals surface area contributed by atoms with Crippen LogP contribution in [0.3, 0.4) is 0 Å². The number of amides is 1. The van der Waals surface area contributed by atoms with Crippen molar-refractivity contribution in [3.8, 4) is 11.5 Å². The number of carbonyl (C=O) groups is 1. The molecule has 3 aromatic carbocycles. The van der Waals surface area contributed by atoms with Gasteiger partial charge in [0.05, 0.1) is 17.3 Å². The molecule has 2 N–H and O–H groups in total. The van der Waals surface area contributed by atoms with E-state index in [2.05, 4.69) is 10.6 Å². The number of carbonyl (C=O) groups excluding carboxylic acids is 1. The topological polar surface area (TPSA) is 59.6 Å². The summed E-state index contributed by atoms with van der Waals surface area (Å²) >= 11 is 18.6. The lowest BCUT2D eigenvalue weighted by atomic mass is 10.2. The van der Waals surface area contributed by atoms with Crippen LogP contribution in [-0.4, -0.2) is 19.1 Å². The van der Waals surface area contributed by atoms with E-state index in [4.69, 9.17) is 44.3 Å². The minimum Gasteiger partial charge on any atom is -0.490 e. The van der Waals surface area contributed by atoms with Crippen LogP contribution in [0.25, 0.3) is 0 Å². The van der Waals surface area contributed by atoms with E-state index >= 15 is 0 Å². The molecule has 1 amide bonds. The highest BCUT2D eigenvalue weighted by Gasteiger charge is 2.14. The summed E-state index contributed by atoms with van der Waals surface area (Å²) < 4.78 is 11.4. The second-order valence-electron chi connectivity index (χ2n) is 7.00. The summed E-state index contributed by atoms with van der Waals surface area (Å²) in [6, 6.07) is 16.2. The predicted molar refractivity (Wildman–Crippen MR) is 132 cm³/mol. The molecule has 0 aliphatic carbocycles. The first-order valence-corrected chi connectivity index (χ1v) is 11.1. The fourth-order valence-electron chi connectivity index (χ4n) is 2.89. The number of aryl methyl sites for hydroxylation is 1. The molecular weight excluding hydrogens is 471 g/mol. The van der Waals surface area contributed by atoms with Crippen LogP contribution in [0.1, 0.15) is 18.1 Å². The van der Waals surface area contributed by atoms with Crippen LogP contribution in [0.5, 0.6) is 11.5 Å². The normalized spacial score (nSPS) is 10.5. The minimum atomic E-state index is -0.282. The van der Waals surface area contributed by atoms with E-state index in [-0.39, 0.29) is 12.5 Å². The zero-order chi connectivity index (χ0) is 23.1. The summed E-state index contributed by atoms with van der Waals surface area (Å²) in [5, 5.41) is 7.57. The van der Waals surface area contributed by atoms with Gasteiger partial charge in [-0.05, 0) is 55.8 Å². The van der Waals surface area contributed by atoms with Gasteiger partial charge in [-0.1, -0.05) is 52.5 Å². The molecule has 32 heavy (non-hydrogen) atoms. The molecule has 0 radical (unpaired) electrons. The van der Waals surface area contributed by atoms with Crippen LogP contribution in [0.4, 0.5) is 11.4 Å². The highest BCUT2D eigenvalue weighted by Crippen LogP contribution is 2.35. The predicted octanol–water partition coefficient (Wildman–Crippen LogP) is 6.98. The number of ether oxygens (including phenoxy) is 2. The quantitative estimate of drug-likeness (QED) is 0.337. The van der Waals surface area contributed by atoms with E-state index in [1.165, 1.54) is 0 Å². The van der Waals surface area contributed by atoms with Crippen LogP contribution in [0.15, 0.2) is 54.6 Å². The Labute approximate surface area is 202 Å². The van der Waals surface area contributed by atoms with Gasteiger partial charge in [0.1, 0.15) is 0 Å². The summed E-state index contributed by atoms with van der Waals surface area (Å²) in [5.74, 6) is 0.610. The standard InChI is InChI=1S/C24H23Cl3N2O3/c1-3-31-22-10-16(13-28-21-9-6-17(25)11-20(21)27)19(26)12-23(22)32-14-24(30)29-18-7-4-15(2)5-8-18/h4-12,28H,3,13-14H2,1-2H3,(H,29,30). The van der Waals surface area contributed by atoms with Crippen molar-refractivity contribution in [2.45, 2.75) is 20.4 Å². The first kappa shape index (κ1) is 24.1. The monoisotopic (exact) mass is 492 g/mol. The van der Waals surface area contributed by atoms with Crippen molar-refractivity contribution in [2.24, 2.45) is 0 Å². The number of benzene rings is 3. The summed E-state index contributed by atoms with van der Waals surface area (Å²) in [5.41, 5.74) is 3.34. The van der Waals surface area contributed by atoms with Gasteiger partial charge in [0.2, 0.25) is 0 Å². The molecule has 0 unspecified atom stereocenters. The van der Waals surface area contributed by atoms with Gasteiger partial charge in [0.15, 0.2) is 18.1 Å². The third-order valence-corrected chi connectivity index (χ3v) is 5.41. The SMILES string of the molecule is CCOc1cc(CNc2ccc(Cl)cc2Cl)c(Cl)cc1OCC(=O)Nc1ccc(C)cc1. The van der Waals surface area contributed by atoms with E-state index in [0.717, 1.165) is 16.8 Å². The molecule has 0 saturated carbocycles. The molecule has 0 atom stereocenters. The van der Waals surface area contributed by atoms with E-state index < -0.39 is 0 Å². The Morgan fingerprint density at radius 3 is 2.31 bits per heavy atom. The molecule has 8 heteroatoms. The molecule has 0 spiro atoms. The maximum atomic E-state index is 12.3. The molecule has 0 aliphatic heterocycles. The Morgan fingerprint density at radius 1 is 0.906 bits per heavy atom. The molecular formula is C24H23Cl3N2O3. The van der Waals surface area contributed by atoms with E-state index in [9.17, 15) is 4.79 Å².